The van der Waals surface area contributed by atoms with Crippen LogP contribution in [-0.4, -0.2) is 35.6 Å². The van der Waals surface area contributed by atoms with Crippen molar-refractivity contribution in [2.45, 2.75) is 13.0 Å². The lowest BCUT2D eigenvalue weighted by molar-refractivity contribution is -0.141. The fraction of sp³-hybridized carbons (Fsp3) is 0.500. The zero-order chi connectivity index (χ0) is 12.8. The molecule has 0 saturated carbocycles. The molecule has 17 heavy (non-hydrogen) atoms. The summed E-state index contributed by atoms with van der Waals surface area (Å²) in [5.74, 6) is -0.252. The van der Waals surface area contributed by atoms with Gasteiger partial charge in [0, 0.05) is 18.0 Å². The minimum atomic E-state index is -0.517. The van der Waals surface area contributed by atoms with Gasteiger partial charge in [-0.15, -0.1) is 11.6 Å². The molecule has 1 aromatic rings. The van der Waals surface area contributed by atoms with Gasteiger partial charge in [-0.05, 0) is 0 Å². The molecule has 0 fully saturated rings. The number of aromatic nitrogens is 2. The summed E-state index contributed by atoms with van der Waals surface area (Å²) < 4.78 is 10.6. The molecule has 0 aliphatic carbocycles. The number of rotatable bonds is 5. The Bertz CT molecular complexity index is 458. The normalized spacial score (nSPS) is 10.1. The Labute approximate surface area is 103 Å². The van der Waals surface area contributed by atoms with Crippen LogP contribution in [0, 0.1) is 0 Å². The molecule has 1 heterocycles. The molecule has 0 saturated heterocycles. The van der Waals surface area contributed by atoms with Gasteiger partial charge in [0.25, 0.3) is 5.88 Å². The summed E-state index contributed by atoms with van der Waals surface area (Å²) >= 11 is 5.61. The zero-order valence-corrected chi connectivity index (χ0v) is 10.4. The molecule has 1 aromatic heterocycles. The monoisotopic (exact) mass is 260 g/mol. The van der Waals surface area contributed by atoms with Crippen molar-refractivity contribution in [3.05, 3.63) is 22.2 Å². The van der Waals surface area contributed by atoms with Gasteiger partial charge in [0.05, 0.1) is 20.4 Å². The van der Waals surface area contributed by atoms with E-state index in [1.165, 1.54) is 25.0 Å². The van der Waals surface area contributed by atoms with Crippen molar-refractivity contribution in [3.63, 3.8) is 0 Å². The van der Waals surface area contributed by atoms with Crippen molar-refractivity contribution in [1.29, 1.82) is 0 Å². The quantitative estimate of drug-likeness (QED) is 0.559. The van der Waals surface area contributed by atoms with Crippen LogP contribution in [0.4, 0.5) is 0 Å². The molecule has 0 aromatic carbocycles. The van der Waals surface area contributed by atoms with Crippen LogP contribution >= 0.6 is 11.6 Å². The van der Waals surface area contributed by atoms with Crippen LogP contribution in [0.15, 0.2) is 11.0 Å². The van der Waals surface area contributed by atoms with Crippen LogP contribution in [0.5, 0.6) is 5.88 Å². The summed E-state index contributed by atoms with van der Waals surface area (Å²) in [5, 5.41) is 0. The van der Waals surface area contributed by atoms with Gasteiger partial charge in [-0.2, -0.15) is 0 Å². The summed E-state index contributed by atoms with van der Waals surface area (Å²) in [6, 6.07) is 0. The van der Waals surface area contributed by atoms with E-state index in [4.69, 9.17) is 16.3 Å². The fourth-order valence-electron chi connectivity index (χ4n) is 1.31. The lowest BCUT2D eigenvalue weighted by Gasteiger charge is -2.11. The molecule has 0 amide bonds. The largest absolute Gasteiger partial charge is 0.477 e. The van der Waals surface area contributed by atoms with E-state index in [1.54, 1.807) is 0 Å². The molecule has 0 radical (unpaired) electrons. The number of hydrogen-bond acceptors (Lipinski definition) is 5. The van der Waals surface area contributed by atoms with Gasteiger partial charge >= 0.3 is 11.5 Å². The highest BCUT2D eigenvalue weighted by molar-refractivity contribution is 6.17. The molecule has 0 aliphatic heterocycles. The van der Waals surface area contributed by atoms with E-state index in [0.29, 0.717) is 18.0 Å². The third kappa shape index (κ3) is 3.20. The number of methoxy groups -OCH3 is 2. The Morgan fingerprint density at radius 3 is 2.76 bits per heavy atom. The van der Waals surface area contributed by atoms with E-state index in [-0.39, 0.29) is 12.4 Å². The van der Waals surface area contributed by atoms with Crippen LogP contribution < -0.4 is 10.3 Å². The standard InChI is InChI=1S/C10H13ClN2O4/c1-16-8(14)6-13-7(3-4-11)5-12-9(17-2)10(13)15/h5H,3-4,6H2,1-2H3. The van der Waals surface area contributed by atoms with E-state index in [0.717, 1.165) is 0 Å². The van der Waals surface area contributed by atoms with Crippen molar-refractivity contribution < 1.29 is 14.3 Å². The molecular weight excluding hydrogens is 248 g/mol. The first kappa shape index (κ1) is 13.5. The molecule has 6 nitrogen and oxygen atoms in total. The van der Waals surface area contributed by atoms with Crippen molar-refractivity contribution in [2.75, 3.05) is 20.1 Å². The van der Waals surface area contributed by atoms with Gasteiger partial charge in [0.15, 0.2) is 0 Å². The van der Waals surface area contributed by atoms with E-state index in [1.807, 2.05) is 0 Å². The molecular formula is C10H13ClN2O4. The number of alkyl halides is 1. The summed E-state index contributed by atoms with van der Waals surface area (Å²) in [6.45, 7) is -0.180. The average Bonchev–Trinajstić information content (AvgIpc) is 2.34. The third-order valence-corrected chi connectivity index (χ3v) is 2.35. The minimum absolute atomic E-state index is 0.0628. The Balaban J connectivity index is 3.19. The van der Waals surface area contributed by atoms with Crippen molar-refractivity contribution in [1.82, 2.24) is 9.55 Å². The number of carbonyl (C=O) groups excluding carboxylic acids is 1. The molecule has 1 rings (SSSR count). The number of esters is 1. The first-order valence-electron chi connectivity index (χ1n) is 4.89. The van der Waals surface area contributed by atoms with Crippen LogP contribution in [0.1, 0.15) is 5.69 Å². The number of ether oxygens (including phenoxy) is 2. The second-order valence-corrected chi connectivity index (χ2v) is 3.54. The zero-order valence-electron chi connectivity index (χ0n) is 9.60. The maximum absolute atomic E-state index is 11.9. The second kappa shape index (κ2) is 6.24. The average molecular weight is 261 g/mol. The molecule has 0 atom stereocenters. The lowest BCUT2D eigenvalue weighted by atomic mass is 10.3. The predicted octanol–water partition coefficient (Wildman–Crippen LogP) is 0.206. The van der Waals surface area contributed by atoms with Gasteiger partial charge in [-0.1, -0.05) is 0 Å². The summed E-state index contributed by atoms with van der Waals surface area (Å²) in [7, 11) is 2.60. The number of nitrogens with zero attached hydrogens (tertiary/aromatic N) is 2. The highest BCUT2D eigenvalue weighted by atomic mass is 35.5. The minimum Gasteiger partial charge on any atom is -0.477 e. The predicted molar refractivity (Wildman–Crippen MR) is 61.5 cm³/mol. The topological polar surface area (TPSA) is 70.4 Å². The molecule has 0 aliphatic rings. The van der Waals surface area contributed by atoms with E-state index in [2.05, 4.69) is 9.72 Å². The Hall–Kier alpha value is -1.56. The van der Waals surface area contributed by atoms with Crippen molar-refractivity contribution in [3.8, 4) is 5.88 Å². The van der Waals surface area contributed by atoms with E-state index in [9.17, 15) is 9.59 Å². The second-order valence-electron chi connectivity index (χ2n) is 3.17. The third-order valence-electron chi connectivity index (χ3n) is 2.16. The van der Waals surface area contributed by atoms with Crippen LogP contribution in [0.2, 0.25) is 0 Å². The lowest BCUT2D eigenvalue weighted by Crippen LogP contribution is -2.29. The van der Waals surface area contributed by atoms with Crippen molar-refractivity contribution in [2.24, 2.45) is 0 Å². The Morgan fingerprint density at radius 1 is 1.53 bits per heavy atom. The molecule has 0 unspecified atom stereocenters. The van der Waals surface area contributed by atoms with Crippen LogP contribution in [0.3, 0.4) is 0 Å². The van der Waals surface area contributed by atoms with Crippen LogP contribution in [0.25, 0.3) is 0 Å². The van der Waals surface area contributed by atoms with E-state index >= 15 is 0 Å². The maximum Gasteiger partial charge on any atom is 0.325 e. The van der Waals surface area contributed by atoms with Gasteiger partial charge in [-0.25, -0.2) is 4.98 Å². The van der Waals surface area contributed by atoms with Gasteiger partial charge in [0.2, 0.25) is 0 Å². The Kier molecular flexibility index (Phi) is 4.96. The fourth-order valence-corrected chi connectivity index (χ4v) is 1.50. The first-order chi connectivity index (χ1) is 8.13. The van der Waals surface area contributed by atoms with Gasteiger partial charge in [-0.3, -0.25) is 14.2 Å². The molecule has 0 spiro atoms. The Morgan fingerprint density at radius 2 is 2.24 bits per heavy atom. The van der Waals surface area contributed by atoms with Gasteiger partial charge < -0.3 is 9.47 Å². The molecule has 94 valence electrons. The van der Waals surface area contributed by atoms with E-state index < -0.39 is 11.5 Å². The van der Waals surface area contributed by atoms with Crippen molar-refractivity contribution >= 4 is 17.6 Å². The summed E-state index contributed by atoms with van der Waals surface area (Å²) in [5.41, 5.74) is 0.0942. The molecule has 0 N–H and O–H groups in total. The number of halogens is 1. The number of aryl methyl sites for hydroxylation is 1. The highest BCUT2D eigenvalue weighted by Crippen LogP contribution is 2.03. The number of hydrogen-bond donors (Lipinski definition) is 0. The molecule has 0 bridgehead atoms. The summed E-state index contributed by atoms with van der Waals surface area (Å²) in [6.07, 6.45) is 1.90. The highest BCUT2D eigenvalue weighted by Gasteiger charge is 2.13. The first-order valence-corrected chi connectivity index (χ1v) is 5.43. The van der Waals surface area contributed by atoms with Gasteiger partial charge in [0.1, 0.15) is 6.54 Å². The maximum atomic E-state index is 11.9. The molecule has 7 heteroatoms. The smallest absolute Gasteiger partial charge is 0.325 e. The SMILES string of the molecule is COC(=O)Cn1c(CCCl)cnc(OC)c1=O. The number of carbonyl (C=O) groups is 1. The van der Waals surface area contributed by atoms with Crippen LogP contribution in [-0.2, 0) is 22.5 Å². The summed E-state index contributed by atoms with van der Waals surface area (Å²) in [4.78, 5) is 26.9.